The molecule has 8 heavy (non-hydrogen) atoms. The van der Waals surface area contributed by atoms with E-state index < -0.39 is 0 Å². The summed E-state index contributed by atoms with van der Waals surface area (Å²) in [5.74, 6) is -0.206. The topological polar surface area (TPSA) is 26.3 Å². The van der Waals surface area contributed by atoms with Crippen LogP contribution in [-0.2, 0) is 9.53 Å². The Morgan fingerprint density at radius 3 is 3.38 bits per heavy atom. The van der Waals surface area contributed by atoms with E-state index in [4.69, 9.17) is 0 Å². The van der Waals surface area contributed by atoms with E-state index in [1.54, 1.807) is 0 Å². The number of carbonyl (C=O) groups is 1. The maximum atomic E-state index is 10.4. The summed E-state index contributed by atoms with van der Waals surface area (Å²) < 4.78 is 4.68. The third-order valence-electron chi connectivity index (χ3n) is 1.01. The lowest BCUT2D eigenvalue weighted by Crippen LogP contribution is -1.98. The molecule has 0 aromatic carbocycles. The molecule has 0 spiro atoms. The van der Waals surface area contributed by atoms with Crippen molar-refractivity contribution in [1.82, 2.24) is 0 Å². The van der Waals surface area contributed by atoms with Crippen LogP contribution in [0.3, 0.4) is 0 Å². The van der Waals surface area contributed by atoms with Gasteiger partial charge in [0.05, 0.1) is 6.61 Å². The van der Waals surface area contributed by atoms with E-state index in [0.717, 1.165) is 12.8 Å². The van der Waals surface area contributed by atoms with Crippen LogP contribution in [0.15, 0.2) is 12.2 Å². The molecule has 0 saturated carbocycles. The Kier molecular flexibility index (Phi) is 1.67. The molecular weight excluding hydrogens is 104 g/mol. The van der Waals surface area contributed by atoms with E-state index in [1.807, 2.05) is 6.08 Å². The van der Waals surface area contributed by atoms with Crippen LogP contribution in [-0.4, -0.2) is 12.6 Å². The number of rotatable bonds is 0. The Morgan fingerprint density at radius 2 is 2.50 bits per heavy atom. The van der Waals surface area contributed by atoms with Crippen molar-refractivity contribution in [3.05, 3.63) is 12.2 Å². The molecule has 0 aliphatic carbocycles. The number of hydrogen-bond acceptors (Lipinski definition) is 2. The number of esters is 1. The fourth-order valence-electron chi connectivity index (χ4n) is 0.602. The molecular formula is C6H8O2. The molecule has 2 nitrogen and oxygen atoms in total. The smallest absolute Gasteiger partial charge is 0.330 e. The Hall–Kier alpha value is -0.790. The fraction of sp³-hybridized carbons (Fsp3) is 0.500. The van der Waals surface area contributed by atoms with Gasteiger partial charge in [-0.3, -0.25) is 0 Å². The highest BCUT2D eigenvalue weighted by atomic mass is 16.5. The average Bonchev–Trinajstić information content (AvgIpc) is 1.94. The predicted octanol–water partition coefficient (Wildman–Crippen LogP) is 0.880. The van der Waals surface area contributed by atoms with Crippen molar-refractivity contribution in [1.29, 1.82) is 0 Å². The second-order valence-electron chi connectivity index (χ2n) is 1.71. The van der Waals surface area contributed by atoms with Crippen LogP contribution in [0.5, 0.6) is 0 Å². The van der Waals surface area contributed by atoms with Gasteiger partial charge in [0.25, 0.3) is 0 Å². The van der Waals surface area contributed by atoms with Crippen LogP contribution in [0.2, 0.25) is 0 Å². The summed E-state index contributed by atoms with van der Waals surface area (Å²) >= 11 is 0. The number of carbonyl (C=O) groups excluding carboxylic acids is 1. The molecule has 0 saturated heterocycles. The van der Waals surface area contributed by atoms with Crippen LogP contribution in [0, 0.1) is 0 Å². The summed E-state index contributed by atoms with van der Waals surface area (Å²) in [5.41, 5.74) is 0. The van der Waals surface area contributed by atoms with Crippen LogP contribution in [0.25, 0.3) is 0 Å². The second kappa shape index (κ2) is 2.50. The SMILES string of the molecule is O=C1C=CCCCO1. The Morgan fingerprint density at radius 1 is 1.62 bits per heavy atom. The van der Waals surface area contributed by atoms with Crippen molar-refractivity contribution in [2.45, 2.75) is 12.8 Å². The highest BCUT2D eigenvalue weighted by molar-refractivity contribution is 5.82. The van der Waals surface area contributed by atoms with Crippen molar-refractivity contribution >= 4 is 5.97 Å². The van der Waals surface area contributed by atoms with E-state index in [1.165, 1.54) is 6.08 Å². The van der Waals surface area contributed by atoms with Gasteiger partial charge in [0, 0.05) is 6.08 Å². The molecule has 0 fully saturated rings. The monoisotopic (exact) mass is 112 g/mol. The quantitative estimate of drug-likeness (QED) is 0.435. The molecule has 0 radical (unpaired) electrons. The number of cyclic esters (lactones) is 1. The molecule has 0 aromatic rings. The average molecular weight is 112 g/mol. The minimum atomic E-state index is -0.206. The van der Waals surface area contributed by atoms with E-state index in [-0.39, 0.29) is 5.97 Å². The summed E-state index contributed by atoms with van der Waals surface area (Å²) in [6, 6.07) is 0. The Bertz CT molecular complexity index is 116. The molecule has 1 aliphatic heterocycles. The van der Waals surface area contributed by atoms with Crippen LogP contribution in [0.1, 0.15) is 12.8 Å². The van der Waals surface area contributed by atoms with Crippen LogP contribution in [0.4, 0.5) is 0 Å². The molecule has 0 bridgehead atoms. The van der Waals surface area contributed by atoms with Crippen molar-refractivity contribution in [2.24, 2.45) is 0 Å². The lowest BCUT2D eigenvalue weighted by Gasteiger charge is -1.93. The summed E-state index contributed by atoms with van der Waals surface area (Å²) in [6.45, 7) is 0.575. The lowest BCUT2D eigenvalue weighted by atomic mass is 10.3. The maximum Gasteiger partial charge on any atom is 0.330 e. The first-order valence-corrected chi connectivity index (χ1v) is 2.73. The predicted molar refractivity (Wildman–Crippen MR) is 29.3 cm³/mol. The highest BCUT2D eigenvalue weighted by Gasteiger charge is 1.98. The van der Waals surface area contributed by atoms with Crippen molar-refractivity contribution in [3.63, 3.8) is 0 Å². The molecule has 0 atom stereocenters. The van der Waals surface area contributed by atoms with E-state index in [0.29, 0.717) is 6.61 Å². The normalized spacial score (nSPS) is 19.8. The summed E-state index contributed by atoms with van der Waals surface area (Å²) in [7, 11) is 0. The molecule has 2 heteroatoms. The standard InChI is InChI=1S/C6H8O2/c7-6-4-2-1-3-5-8-6/h2,4H,1,3,5H2. The van der Waals surface area contributed by atoms with Crippen LogP contribution >= 0.6 is 0 Å². The molecule has 1 aliphatic rings. The zero-order chi connectivity index (χ0) is 5.82. The molecule has 44 valence electrons. The van der Waals surface area contributed by atoms with Gasteiger partial charge in [0.2, 0.25) is 0 Å². The molecule has 0 unspecified atom stereocenters. The van der Waals surface area contributed by atoms with Gasteiger partial charge >= 0.3 is 5.97 Å². The molecule has 0 amide bonds. The Labute approximate surface area is 48.1 Å². The van der Waals surface area contributed by atoms with Gasteiger partial charge in [0.15, 0.2) is 0 Å². The first kappa shape index (κ1) is 5.35. The van der Waals surface area contributed by atoms with E-state index in [2.05, 4.69) is 4.74 Å². The Balaban J connectivity index is 2.44. The van der Waals surface area contributed by atoms with Crippen LogP contribution < -0.4 is 0 Å². The fourth-order valence-corrected chi connectivity index (χ4v) is 0.602. The molecule has 1 heterocycles. The zero-order valence-corrected chi connectivity index (χ0v) is 4.59. The number of ether oxygens (including phenoxy) is 1. The van der Waals surface area contributed by atoms with Crippen molar-refractivity contribution in [2.75, 3.05) is 6.61 Å². The molecule has 0 N–H and O–H groups in total. The molecule has 1 rings (SSSR count). The summed E-state index contributed by atoms with van der Waals surface area (Å²) in [4.78, 5) is 10.4. The molecule has 0 aromatic heterocycles. The largest absolute Gasteiger partial charge is 0.463 e. The number of allylic oxidation sites excluding steroid dienone is 1. The van der Waals surface area contributed by atoms with Gasteiger partial charge in [-0.05, 0) is 12.8 Å². The minimum absolute atomic E-state index is 0.206. The highest BCUT2D eigenvalue weighted by Crippen LogP contribution is 1.97. The minimum Gasteiger partial charge on any atom is -0.463 e. The third-order valence-corrected chi connectivity index (χ3v) is 1.01. The maximum absolute atomic E-state index is 10.4. The van der Waals surface area contributed by atoms with Gasteiger partial charge in [-0.25, -0.2) is 4.79 Å². The third kappa shape index (κ3) is 1.37. The lowest BCUT2D eigenvalue weighted by molar-refractivity contribution is -0.137. The van der Waals surface area contributed by atoms with Gasteiger partial charge < -0.3 is 4.74 Å². The first-order chi connectivity index (χ1) is 3.89. The van der Waals surface area contributed by atoms with E-state index in [9.17, 15) is 4.79 Å². The second-order valence-corrected chi connectivity index (χ2v) is 1.71. The van der Waals surface area contributed by atoms with Gasteiger partial charge in [-0.1, -0.05) is 6.08 Å². The summed E-state index contributed by atoms with van der Waals surface area (Å²) in [5, 5.41) is 0. The van der Waals surface area contributed by atoms with Gasteiger partial charge in [0.1, 0.15) is 0 Å². The van der Waals surface area contributed by atoms with E-state index >= 15 is 0 Å². The zero-order valence-electron chi connectivity index (χ0n) is 4.59. The van der Waals surface area contributed by atoms with Gasteiger partial charge in [-0.15, -0.1) is 0 Å². The summed E-state index contributed by atoms with van der Waals surface area (Å²) in [6.07, 6.45) is 5.25. The first-order valence-electron chi connectivity index (χ1n) is 2.73. The number of hydrogen-bond donors (Lipinski definition) is 0. The van der Waals surface area contributed by atoms with Gasteiger partial charge in [-0.2, -0.15) is 0 Å². The van der Waals surface area contributed by atoms with Crippen molar-refractivity contribution in [3.8, 4) is 0 Å². The van der Waals surface area contributed by atoms with Crippen molar-refractivity contribution < 1.29 is 9.53 Å².